The number of hydrogen-bond acceptors (Lipinski definition) is 7. The van der Waals surface area contributed by atoms with Gasteiger partial charge in [0, 0.05) is 6.54 Å². The molecule has 8 nitrogen and oxygen atoms in total. The average molecular weight is 400 g/mol. The van der Waals surface area contributed by atoms with Crippen LogP contribution in [-0.2, 0) is 20.9 Å². The van der Waals surface area contributed by atoms with Crippen molar-refractivity contribution in [2.75, 3.05) is 21.3 Å². The quantitative estimate of drug-likeness (QED) is 0.395. The lowest BCUT2D eigenvalue weighted by molar-refractivity contribution is -0.131. The fourth-order valence-electron chi connectivity index (χ4n) is 2.38. The van der Waals surface area contributed by atoms with Gasteiger partial charge in [-0.05, 0) is 42.3 Å². The van der Waals surface area contributed by atoms with Crippen molar-refractivity contribution in [3.63, 3.8) is 0 Å². The maximum Gasteiger partial charge on any atom is 0.337 e. The lowest BCUT2D eigenvalue weighted by atomic mass is 10.1. The van der Waals surface area contributed by atoms with Gasteiger partial charge in [-0.2, -0.15) is 0 Å². The Morgan fingerprint density at radius 1 is 1.03 bits per heavy atom. The molecule has 2 aromatic rings. The van der Waals surface area contributed by atoms with Crippen molar-refractivity contribution in [2.24, 2.45) is 5.16 Å². The van der Waals surface area contributed by atoms with Crippen LogP contribution < -0.4 is 14.8 Å². The molecule has 0 spiro atoms. The summed E-state index contributed by atoms with van der Waals surface area (Å²) in [5.41, 5.74) is 2.02. The van der Waals surface area contributed by atoms with Crippen LogP contribution in [0.15, 0.2) is 47.6 Å². The number of oxime groups is 1. The van der Waals surface area contributed by atoms with Gasteiger partial charge in [0.2, 0.25) is 6.10 Å². The first-order valence-electron chi connectivity index (χ1n) is 8.84. The van der Waals surface area contributed by atoms with Gasteiger partial charge < -0.3 is 24.4 Å². The summed E-state index contributed by atoms with van der Waals surface area (Å²) < 4.78 is 15.1. The van der Waals surface area contributed by atoms with E-state index in [0.717, 1.165) is 11.1 Å². The average Bonchev–Trinajstić information content (AvgIpc) is 2.76. The molecule has 0 saturated carbocycles. The van der Waals surface area contributed by atoms with Crippen LogP contribution in [0.3, 0.4) is 0 Å². The van der Waals surface area contributed by atoms with Crippen molar-refractivity contribution in [3.05, 3.63) is 59.2 Å². The molecule has 0 heterocycles. The van der Waals surface area contributed by atoms with E-state index in [0.29, 0.717) is 23.6 Å². The van der Waals surface area contributed by atoms with E-state index < -0.39 is 12.1 Å². The normalized spacial score (nSPS) is 11.6. The summed E-state index contributed by atoms with van der Waals surface area (Å²) in [6.45, 7) is 1.91. The second kappa shape index (κ2) is 10.7. The fraction of sp³-hybridized carbons (Fsp3) is 0.286. The molecule has 1 unspecified atom stereocenters. The summed E-state index contributed by atoms with van der Waals surface area (Å²) >= 11 is 0. The highest BCUT2D eigenvalue weighted by Crippen LogP contribution is 2.27. The van der Waals surface area contributed by atoms with Crippen LogP contribution in [0.5, 0.6) is 11.5 Å². The molecule has 1 amide bonds. The van der Waals surface area contributed by atoms with Crippen molar-refractivity contribution in [1.29, 1.82) is 0 Å². The maximum absolute atomic E-state index is 12.2. The molecule has 0 radical (unpaired) electrons. The van der Waals surface area contributed by atoms with Gasteiger partial charge in [0.25, 0.3) is 5.91 Å². The minimum atomic E-state index is -0.777. The van der Waals surface area contributed by atoms with Crippen LogP contribution in [-0.4, -0.2) is 45.5 Å². The summed E-state index contributed by atoms with van der Waals surface area (Å²) in [7, 11) is 4.44. The van der Waals surface area contributed by atoms with Crippen LogP contribution in [0.1, 0.15) is 28.4 Å². The molecule has 154 valence electrons. The molecule has 1 N–H and O–H groups in total. The first-order chi connectivity index (χ1) is 14.0. The smallest absolute Gasteiger partial charge is 0.337 e. The van der Waals surface area contributed by atoms with Crippen molar-refractivity contribution >= 4 is 18.1 Å². The minimum absolute atomic E-state index is 0.307. The minimum Gasteiger partial charge on any atom is -0.493 e. The predicted octanol–water partition coefficient (Wildman–Crippen LogP) is 2.55. The number of nitrogens with zero attached hydrogens (tertiary/aromatic N) is 1. The molecule has 8 heteroatoms. The van der Waals surface area contributed by atoms with Crippen LogP contribution in [0.4, 0.5) is 0 Å². The Hall–Kier alpha value is -3.55. The van der Waals surface area contributed by atoms with E-state index in [2.05, 4.69) is 15.2 Å². The number of nitrogens with one attached hydrogen (secondary N) is 1. The number of carbonyl (C=O) groups is 2. The lowest BCUT2D eigenvalue weighted by Crippen LogP contribution is -2.33. The van der Waals surface area contributed by atoms with Gasteiger partial charge in [-0.1, -0.05) is 23.4 Å². The van der Waals surface area contributed by atoms with E-state index in [1.807, 2.05) is 6.07 Å². The van der Waals surface area contributed by atoms with Crippen LogP contribution in [0.2, 0.25) is 0 Å². The molecule has 0 saturated heterocycles. The third-order valence-electron chi connectivity index (χ3n) is 4.04. The van der Waals surface area contributed by atoms with Gasteiger partial charge in [0.15, 0.2) is 11.5 Å². The molecule has 0 aliphatic heterocycles. The highest BCUT2D eigenvalue weighted by Gasteiger charge is 2.14. The lowest BCUT2D eigenvalue weighted by Gasteiger charge is -2.12. The number of esters is 1. The zero-order chi connectivity index (χ0) is 21.2. The molecule has 0 aliphatic carbocycles. The number of ether oxygens (including phenoxy) is 3. The Balaban J connectivity index is 1.84. The first kappa shape index (κ1) is 21.7. The van der Waals surface area contributed by atoms with E-state index in [4.69, 9.17) is 14.3 Å². The summed E-state index contributed by atoms with van der Waals surface area (Å²) in [5.74, 6) is 0.488. The van der Waals surface area contributed by atoms with Crippen molar-refractivity contribution in [2.45, 2.75) is 19.6 Å². The molecule has 2 aromatic carbocycles. The molecule has 0 aromatic heterocycles. The molecule has 0 fully saturated rings. The van der Waals surface area contributed by atoms with Crippen LogP contribution in [0.25, 0.3) is 0 Å². The van der Waals surface area contributed by atoms with Crippen molar-refractivity contribution < 1.29 is 28.6 Å². The zero-order valence-corrected chi connectivity index (χ0v) is 16.8. The summed E-state index contributed by atoms with van der Waals surface area (Å²) in [5, 5.41) is 6.60. The van der Waals surface area contributed by atoms with Crippen molar-refractivity contribution in [1.82, 2.24) is 5.32 Å². The highest BCUT2D eigenvalue weighted by molar-refractivity contribution is 5.90. The Kier molecular flexibility index (Phi) is 8.02. The number of methoxy groups -OCH3 is 3. The number of hydrogen-bond donors (Lipinski definition) is 1. The zero-order valence-electron chi connectivity index (χ0n) is 16.8. The van der Waals surface area contributed by atoms with Gasteiger partial charge in [-0.15, -0.1) is 0 Å². The molecule has 0 aliphatic rings. The monoisotopic (exact) mass is 400 g/mol. The topological polar surface area (TPSA) is 95.5 Å². The second-order valence-electron chi connectivity index (χ2n) is 6.00. The third kappa shape index (κ3) is 6.24. The largest absolute Gasteiger partial charge is 0.493 e. The number of carbonyl (C=O) groups excluding carboxylic acids is 2. The number of benzene rings is 2. The summed E-state index contributed by atoms with van der Waals surface area (Å²) in [4.78, 5) is 28.8. The van der Waals surface area contributed by atoms with E-state index in [1.165, 1.54) is 13.3 Å². The Morgan fingerprint density at radius 2 is 1.72 bits per heavy atom. The van der Waals surface area contributed by atoms with E-state index in [9.17, 15) is 9.59 Å². The van der Waals surface area contributed by atoms with Gasteiger partial charge in [-0.25, -0.2) is 4.79 Å². The van der Waals surface area contributed by atoms with E-state index in [-0.39, 0.29) is 5.91 Å². The van der Waals surface area contributed by atoms with Gasteiger partial charge in [-0.3, -0.25) is 4.79 Å². The van der Waals surface area contributed by atoms with Gasteiger partial charge in [0.1, 0.15) is 0 Å². The first-order valence-corrected chi connectivity index (χ1v) is 8.84. The van der Waals surface area contributed by atoms with Crippen molar-refractivity contribution in [3.8, 4) is 11.5 Å². The van der Waals surface area contributed by atoms with Gasteiger partial charge in [0.05, 0.1) is 33.1 Å². The fourth-order valence-corrected chi connectivity index (χ4v) is 2.38. The van der Waals surface area contributed by atoms with Crippen LogP contribution in [0, 0.1) is 0 Å². The maximum atomic E-state index is 12.2. The molecule has 1 atom stereocenters. The predicted molar refractivity (Wildman–Crippen MR) is 107 cm³/mol. The Morgan fingerprint density at radius 3 is 2.34 bits per heavy atom. The third-order valence-corrected chi connectivity index (χ3v) is 4.04. The number of rotatable bonds is 9. The SMILES string of the molecule is COC(=O)c1ccc(/C=N/OC(C)C(=O)NCc2ccc(OC)c(OC)c2)cc1. The van der Waals surface area contributed by atoms with E-state index in [1.54, 1.807) is 57.5 Å². The van der Waals surface area contributed by atoms with Crippen LogP contribution >= 0.6 is 0 Å². The van der Waals surface area contributed by atoms with Gasteiger partial charge >= 0.3 is 5.97 Å². The molecule has 0 bridgehead atoms. The molecule has 29 heavy (non-hydrogen) atoms. The second-order valence-corrected chi connectivity index (χ2v) is 6.00. The summed E-state index contributed by atoms with van der Waals surface area (Å²) in [6, 6.07) is 12.0. The van der Waals surface area contributed by atoms with E-state index >= 15 is 0 Å². The molecular formula is C21H24N2O6. The number of amides is 1. The molecular weight excluding hydrogens is 376 g/mol. The highest BCUT2D eigenvalue weighted by atomic mass is 16.6. The molecule has 2 rings (SSSR count). The standard InChI is InChI=1S/C21H24N2O6/c1-14(29-23-13-15-5-8-17(9-6-15)21(25)28-4)20(24)22-12-16-7-10-18(26-2)19(11-16)27-3/h5-11,13-14H,12H2,1-4H3,(H,22,24)/b23-13+. The Bertz CT molecular complexity index is 864. The summed E-state index contributed by atoms with van der Waals surface area (Å²) in [6.07, 6.45) is 0.680. The Labute approximate surface area is 169 Å².